The van der Waals surface area contributed by atoms with Crippen LogP contribution in [-0.2, 0) is 4.74 Å². The van der Waals surface area contributed by atoms with Crippen LogP contribution < -0.4 is 9.47 Å². The molecule has 0 aromatic heterocycles. The van der Waals surface area contributed by atoms with Gasteiger partial charge in [0.25, 0.3) is 0 Å². The van der Waals surface area contributed by atoms with Crippen LogP contribution in [0.15, 0.2) is 54.6 Å². The minimum atomic E-state index is -1.49. The third kappa shape index (κ3) is 4.09. The third-order valence-electron chi connectivity index (χ3n) is 3.89. The number of aliphatic hydroxyl groups is 4. The summed E-state index contributed by atoms with van der Waals surface area (Å²) in [7, 11) is 0. The second kappa shape index (κ2) is 7.81. The van der Waals surface area contributed by atoms with Crippen LogP contribution in [0.1, 0.15) is 0 Å². The molecule has 2 aromatic rings. The predicted molar refractivity (Wildman–Crippen MR) is 87.4 cm³/mol. The van der Waals surface area contributed by atoms with Crippen LogP contribution in [0.5, 0.6) is 17.2 Å². The number of rotatable bonds is 5. The van der Waals surface area contributed by atoms with Crippen molar-refractivity contribution in [3.05, 3.63) is 54.6 Å². The zero-order valence-electron chi connectivity index (χ0n) is 13.3. The summed E-state index contributed by atoms with van der Waals surface area (Å²) in [4.78, 5) is 0. The minimum Gasteiger partial charge on any atom is -0.462 e. The molecule has 0 radical (unpaired) electrons. The highest BCUT2D eigenvalue weighted by atomic mass is 16.7. The molecule has 1 heterocycles. The zero-order chi connectivity index (χ0) is 17.8. The first-order valence-electron chi connectivity index (χ1n) is 7.88. The molecule has 0 bridgehead atoms. The van der Waals surface area contributed by atoms with Crippen LogP contribution >= 0.6 is 0 Å². The predicted octanol–water partition coefficient (Wildman–Crippen LogP) is 0.658. The van der Waals surface area contributed by atoms with Gasteiger partial charge < -0.3 is 34.6 Å². The number of hydrogen-bond donors (Lipinski definition) is 4. The molecule has 0 unspecified atom stereocenters. The molecular formula is C18H20O7. The fourth-order valence-electron chi connectivity index (χ4n) is 2.53. The van der Waals surface area contributed by atoms with Crippen molar-refractivity contribution in [2.24, 2.45) is 0 Å². The van der Waals surface area contributed by atoms with Crippen molar-refractivity contribution < 1.29 is 34.6 Å². The average molecular weight is 348 g/mol. The van der Waals surface area contributed by atoms with Crippen LogP contribution in [0, 0.1) is 0 Å². The van der Waals surface area contributed by atoms with E-state index in [4.69, 9.17) is 14.2 Å². The van der Waals surface area contributed by atoms with Gasteiger partial charge in [0, 0.05) is 6.07 Å². The lowest BCUT2D eigenvalue weighted by Crippen LogP contribution is -2.60. The highest BCUT2D eigenvalue weighted by molar-refractivity contribution is 5.36. The summed E-state index contributed by atoms with van der Waals surface area (Å²) in [6, 6.07) is 15.9. The normalized spacial score (nSPS) is 29.2. The quantitative estimate of drug-likeness (QED) is 0.628. The number of ether oxygens (including phenoxy) is 3. The van der Waals surface area contributed by atoms with Gasteiger partial charge in [-0.2, -0.15) is 0 Å². The molecule has 134 valence electrons. The van der Waals surface area contributed by atoms with Crippen molar-refractivity contribution in [3.63, 3.8) is 0 Å². The number of benzene rings is 2. The van der Waals surface area contributed by atoms with E-state index in [9.17, 15) is 20.4 Å². The Kier molecular flexibility index (Phi) is 5.52. The summed E-state index contributed by atoms with van der Waals surface area (Å²) < 4.78 is 16.6. The molecule has 1 saturated heterocycles. The van der Waals surface area contributed by atoms with E-state index in [2.05, 4.69) is 0 Å². The van der Waals surface area contributed by atoms with Crippen molar-refractivity contribution in [2.75, 3.05) is 6.61 Å². The lowest BCUT2D eigenvalue weighted by Gasteiger charge is -2.39. The van der Waals surface area contributed by atoms with Crippen molar-refractivity contribution in [2.45, 2.75) is 30.7 Å². The van der Waals surface area contributed by atoms with Crippen molar-refractivity contribution in [1.82, 2.24) is 0 Å². The van der Waals surface area contributed by atoms with Crippen LogP contribution in [0.2, 0.25) is 0 Å². The Morgan fingerprint density at radius 1 is 0.800 bits per heavy atom. The molecule has 1 aliphatic rings. The van der Waals surface area contributed by atoms with E-state index >= 15 is 0 Å². The number of hydrogen-bond acceptors (Lipinski definition) is 7. The molecule has 7 nitrogen and oxygen atoms in total. The van der Waals surface area contributed by atoms with Gasteiger partial charge in [-0.25, -0.2) is 0 Å². The van der Waals surface area contributed by atoms with Gasteiger partial charge in [0.2, 0.25) is 6.29 Å². The first-order chi connectivity index (χ1) is 12.1. The first kappa shape index (κ1) is 17.7. The number of aliphatic hydroxyl groups excluding tert-OH is 4. The molecule has 0 saturated carbocycles. The Morgan fingerprint density at radius 2 is 1.48 bits per heavy atom. The zero-order valence-corrected chi connectivity index (χ0v) is 13.3. The molecular weight excluding hydrogens is 328 g/mol. The molecule has 1 fully saturated rings. The minimum absolute atomic E-state index is 0.345. The fraction of sp³-hybridized carbons (Fsp3) is 0.333. The summed E-state index contributed by atoms with van der Waals surface area (Å²) in [6.07, 6.45) is -6.63. The highest BCUT2D eigenvalue weighted by Crippen LogP contribution is 2.28. The van der Waals surface area contributed by atoms with Crippen LogP contribution in [0.25, 0.3) is 0 Å². The maximum Gasteiger partial charge on any atom is 0.229 e. The fourth-order valence-corrected chi connectivity index (χ4v) is 2.53. The molecule has 4 N–H and O–H groups in total. The van der Waals surface area contributed by atoms with E-state index in [0.717, 1.165) is 0 Å². The van der Waals surface area contributed by atoms with Crippen molar-refractivity contribution in [3.8, 4) is 17.2 Å². The molecule has 0 aliphatic carbocycles. The molecule has 25 heavy (non-hydrogen) atoms. The largest absolute Gasteiger partial charge is 0.462 e. The van der Waals surface area contributed by atoms with Gasteiger partial charge >= 0.3 is 0 Å². The lowest BCUT2D eigenvalue weighted by molar-refractivity contribution is -0.277. The van der Waals surface area contributed by atoms with Crippen LogP contribution in [-0.4, -0.2) is 57.7 Å². The molecule has 3 rings (SSSR count). The first-order valence-corrected chi connectivity index (χ1v) is 7.88. The van der Waals surface area contributed by atoms with Gasteiger partial charge in [-0.05, 0) is 24.3 Å². The molecule has 0 spiro atoms. The van der Waals surface area contributed by atoms with E-state index in [1.165, 1.54) is 0 Å². The summed E-state index contributed by atoms with van der Waals surface area (Å²) in [5, 5.41) is 38.8. The molecule has 1 aliphatic heterocycles. The topological polar surface area (TPSA) is 109 Å². The SMILES string of the molecule is OC[C@@H]1O[C@H](Oc2cccc(Oc3ccccc3)c2)[C@@H](O)[C@H](O)[C@H]1O. The van der Waals surface area contributed by atoms with Gasteiger partial charge in [-0.3, -0.25) is 0 Å². The highest BCUT2D eigenvalue weighted by Gasteiger charge is 2.44. The Hall–Kier alpha value is -2.16. The maximum absolute atomic E-state index is 10.0. The second-order valence-electron chi connectivity index (χ2n) is 5.71. The Labute approximate surface area is 144 Å². The Bertz CT molecular complexity index is 676. The lowest BCUT2D eigenvalue weighted by atomic mass is 9.99. The van der Waals surface area contributed by atoms with E-state index in [1.807, 2.05) is 30.3 Å². The standard InChI is InChI=1S/C18H20O7/c19-10-14-15(20)16(21)17(22)18(25-14)24-13-8-4-7-12(9-13)23-11-5-2-1-3-6-11/h1-9,14-22H,10H2/t14-,15-,16+,17-,18-/m0/s1. The van der Waals surface area contributed by atoms with E-state index in [0.29, 0.717) is 17.2 Å². The summed E-state index contributed by atoms with van der Waals surface area (Å²) in [5.74, 6) is 1.53. The van der Waals surface area contributed by atoms with Gasteiger partial charge in [0.1, 0.15) is 41.7 Å². The van der Waals surface area contributed by atoms with Gasteiger partial charge in [-0.15, -0.1) is 0 Å². The molecule has 7 heteroatoms. The van der Waals surface area contributed by atoms with Gasteiger partial charge in [0.05, 0.1) is 6.61 Å². The number of para-hydroxylation sites is 1. The van der Waals surface area contributed by atoms with E-state index in [-0.39, 0.29) is 0 Å². The monoisotopic (exact) mass is 348 g/mol. The average Bonchev–Trinajstić information content (AvgIpc) is 2.63. The Balaban J connectivity index is 1.71. The summed E-state index contributed by atoms with van der Waals surface area (Å²) in [6.45, 7) is -0.512. The molecule has 5 atom stereocenters. The van der Waals surface area contributed by atoms with E-state index < -0.39 is 37.3 Å². The van der Waals surface area contributed by atoms with Gasteiger partial charge in [0.15, 0.2) is 0 Å². The van der Waals surface area contributed by atoms with E-state index in [1.54, 1.807) is 24.3 Å². The van der Waals surface area contributed by atoms with Crippen molar-refractivity contribution in [1.29, 1.82) is 0 Å². The molecule has 2 aromatic carbocycles. The smallest absolute Gasteiger partial charge is 0.229 e. The summed E-state index contributed by atoms with van der Waals surface area (Å²) >= 11 is 0. The van der Waals surface area contributed by atoms with Crippen molar-refractivity contribution >= 4 is 0 Å². The van der Waals surface area contributed by atoms with Crippen LogP contribution in [0.4, 0.5) is 0 Å². The summed E-state index contributed by atoms with van der Waals surface area (Å²) in [5.41, 5.74) is 0. The second-order valence-corrected chi connectivity index (χ2v) is 5.71. The Morgan fingerprint density at radius 3 is 2.20 bits per heavy atom. The van der Waals surface area contributed by atoms with Gasteiger partial charge in [-0.1, -0.05) is 24.3 Å². The molecule has 0 amide bonds. The third-order valence-corrected chi connectivity index (χ3v) is 3.89. The van der Waals surface area contributed by atoms with Crippen LogP contribution in [0.3, 0.4) is 0 Å². The maximum atomic E-state index is 10.0.